The zero-order valence-electron chi connectivity index (χ0n) is 9.20. The lowest BCUT2D eigenvalue weighted by atomic mass is 10.1. The van der Waals surface area contributed by atoms with Gasteiger partial charge in [-0.05, 0) is 27.2 Å². The number of hydrogen-bond donors (Lipinski definition) is 0. The molecule has 0 saturated heterocycles. The predicted molar refractivity (Wildman–Crippen MR) is 51.7 cm³/mol. The summed E-state index contributed by atoms with van der Waals surface area (Å²) < 4.78 is 9.72. The van der Waals surface area contributed by atoms with Gasteiger partial charge in [-0.25, -0.2) is 4.79 Å². The highest BCUT2D eigenvalue weighted by Crippen LogP contribution is 2.12. The van der Waals surface area contributed by atoms with Crippen LogP contribution in [0, 0.1) is 0 Å². The second-order valence-corrected chi connectivity index (χ2v) is 4.04. The van der Waals surface area contributed by atoms with Gasteiger partial charge in [0.2, 0.25) is 0 Å². The average molecular weight is 202 g/mol. The zero-order chi connectivity index (χ0) is 11.2. The molecule has 0 saturated carbocycles. The summed E-state index contributed by atoms with van der Waals surface area (Å²) in [6.45, 7) is 7.51. The van der Waals surface area contributed by atoms with Crippen LogP contribution in [0.4, 0.5) is 0 Å². The topological polar surface area (TPSA) is 52.6 Å². The van der Waals surface area contributed by atoms with Gasteiger partial charge in [0.1, 0.15) is 5.60 Å². The van der Waals surface area contributed by atoms with Crippen LogP contribution in [-0.2, 0) is 19.1 Å². The molecular formula is C10H18O4. The first kappa shape index (κ1) is 12.9. The van der Waals surface area contributed by atoms with Gasteiger partial charge in [-0.3, -0.25) is 4.79 Å². The van der Waals surface area contributed by atoms with Gasteiger partial charge in [-0.2, -0.15) is 0 Å². The van der Waals surface area contributed by atoms with Crippen molar-refractivity contribution >= 4 is 12.4 Å². The second kappa shape index (κ2) is 5.62. The van der Waals surface area contributed by atoms with Crippen molar-refractivity contribution in [2.75, 3.05) is 0 Å². The van der Waals surface area contributed by atoms with Crippen LogP contribution in [0.15, 0.2) is 0 Å². The molecule has 82 valence electrons. The molecule has 0 aliphatic carbocycles. The summed E-state index contributed by atoms with van der Waals surface area (Å²) in [5.41, 5.74) is -0.546. The predicted octanol–water partition coefficient (Wildman–Crippen LogP) is 1.67. The summed E-state index contributed by atoms with van der Waals surface area (Å²) in [5, 5.41) is 0. The normalized spacial score (nSPS) is 13.1. The lowest BCUT2D eigenvalue weighted by Gasteiger charge is -2.22. The van der Waals surface area contributed by atoms with Gasteiger partial charge in [0, 0.05) is 0 Å². The largest absolute Gasteiger partial charge is 0.457 e. The maximum atomic E-state index is 11.4. The highest BCUT2D eigenvalue weighted by atomic mass is 16.6. The standard InChI is InChI=1S/C10H18O4/c1-5-6-8(13-7-11)9(12)14-10(2,3)4/h7-8H,5-6H2,1-4H3/t8-/m1/s1. The summed E-state index contributed by atoms with van der Waals surface area (Å²) in [5.74, 6) is -0.480. The third kappa shape index (κ3) is 5.56. The van der Waals surface area contributed by atoms with Crippen LogP contribution in [0.5, 0.6) is 0 Å². The molecule has 0 aliphatic rings. The minimum atomic E-state index is -0.767. The van der Waals surface area contributed by atoms with Crippen molar-refractivity contribution in [1.29, 1.82) is 0 Å². The Labute approximate surface area is 84.6 Å². The van der Waals surface area contributed by atoms with E-state index in [2.05, 4.69) is 4.74 Å². The third-order valence-electron chi connectivity index (χ3n) is 1.44. The van der Waals surface area contributed by atoms with Crippen LogP contribution in [0.2, 0.25) is 0 Å². The molecule has 4 heteroatoms. The van der Waals surface area contributed by atoms with Gasteiger partial charge in [0.25, 0.3) is 6.47 Å². The molecule has 0 rings (SSSR count). The first-order valence-electron chi connectivity index (χ1n) is 4.72. The highest BCUT2D eigenvalue weighted by Gasteiger charge is 2.25. The molecule has 0 aliphatic heterocycles. The molecule has 0 heterocycles. The SMILES string of the molecule is CCC[C@@H](OC=O)C(=O)OC(C)(C)C. The lowest BCUT2D eigenvalue weighted by Crippen LogP contribution is -2.33. The van der Waals surface area contributed by atoms with Gasteiger partial charge >= 0.3 is 5.97 Å². The van der Waals surface area contributed by atoms with Gasteiger partial charge < -0.3 is 9.47 Å². The fourth-order valence-corrected chi connectivity index (χ4v) is 0.938. The lowest BCUT2D eigenvalue weighted by molar-refractivity contribution is -0.171. The third-order valence-corrected chi connectivity index (χ3v) is 1.44. The van der Waals surface area contributed by atoms with E-state index < -0.39 is 17.7 Å². The molecule has 0 radical (unpaired) electrons. The molecule has 0 amide bonds. The Kier molecular flexibility index (Phi) is 5.20. The fourth-order valence-electron chi connectivity index (χ4n) is 0.938. The Bertz CT molecular complexity index is 193. The minimum absolute atomic E-state index is 0.282. The van der Waals surface area contributed by atoms with E-state index in [9.17, 15) is 9.59 Å². The van der Waals surface area contributed by atoms with Crippen LogP contribution in [0.25, 0.3) is 0 Å². The maximum absolute atomic E-state index is 11.4. The second-order valence-electron chi connectivity index (χ2n) is 4.04. The minimum Gasteiger partial charge on any atom is -0.457 e. The van der Waals surface area contributed by atoms with E-state index in [1.165, 1.54) is 0 Å². The summed E-state index contributed by atoms with van der Waals surface area (Å²) in [6, 6.07) is 0. The first-order valence-corrected chi connectivity index (χ1v) is 4.72. The number of hydrogen-bond acceptors (Lipinski definition) is 4. The van der Waals surface area contributed by atoms with Crippen LogP contribution >= 0.6 is 0 Å². The van der Waals surface area contributed by atoms with Gasteiger partial charge in [-0.15, -0.1) is 0 Å². The fraction of sp³-hybridized carbons (Fsp3) is 0.800. The maximum Gasteiger partial charge on any atom is 0.347 e. The van der Waals surface area contributed by atoms with E-state index in [4.69, 9.17) is 4.74 Å². The van der Waals surface area contributed by atoms with Crippen molar-refractivity contribution in [3.05, 3.63) is 0 Å². The zero-order valence-corrected chi connectivity index (χ0v) is 9.20. The molecule has 4 nitrogen and oxygen atoms in total. The molecule has 0 unspecified atom stereocenters. The van der Waals surface area contributed by atoms with E-state index in [-0.39, 0.29) is 6.47 Å². The van der Waals surface area contributed by atoms with E-state index in [0.717, 1.165) is 6.42 Å². The number of carbonyl (C=O) groups excluding carboxylic acids is 2. The summed E-state index contributed by atoms with van der Waals surface area (Å²) >= 11 is 0. The summed E-state index contributed by atoms with van der Waals surface area (Å²) in [4.78, 5) is 21.6. The summed E-state index contributed by atoms with van der Waals surface area (Å²) in [7, 11) is 0. The molecule has 0 fully saturated rings. The first-order chi connectivity index (χ1) is 6.40. The number of ether oxygens (including phenoxy) is 2. The van der Waals surface area contributed by atoms with Crippen LogP contribution in [0.1, 0.15) is 40.5 Å². The Morgan fingerprint density at radius 1 is 1.43 bits per heavy atom. The van der Waals surface area contributed by atoms with E-state index in [0.29, 0.717) is 6.42 Å². The number of carbonyl (C=O) groups is 2. The molecule has 14 heavy (non-hydrogen) atoms. The average Bonchev–Trinajstić information content (AvgIpc) is 2.01. The molecular weight excluding hydrogens is 184 g/mol. The Hall–Kier alpha value is -1.06. The van der Waals surface area contributed by atoms with Crippen LogP contribution in [-0.4, -0.2) is 24.1 Å². The Morgan fingerprint density at radius 3 is 2.36 bits per heavy atom. The van der Waals surface area contributed by atoms with Crippen LogP contribution in [0.3, 0.4) is 0 Å². The van der Waals surface area contributed by atoms with Gasteiger partial charge in [0.15, 0.2) is 6.10 Å². The Morgan fingerprint density at radius 2 is 2.00 bits per heavy atom. The van der Waals surface area contributed by atoms with Crippen LogP contribution < -0.4 is 0 Å². The van der Waals surface area contributed by atoms with Crippen molar-refractivity contribution in [2.45, 2.75) is 52.2 Å². The monoisotopic (exact) mass is 202 g/mol. The summed E-state index contributed by atoms with van der Waals surface area (Å²) in [6.07, 6.45) is 0.488. The Balaban J connectivity index is 4.21. The molecule has 0 N–H and O–H groups in total. The highest BCUT2D eigenvalue weighted by molar-refractivity contribution is 5.76. The van der Waals surface area contributed by atoms with Crippen molar-refractivity contribution in [3.63, 3.8) is 0 Å². The van der Waals surface area contributed by atoms with E-state index in [1.807, 2.05) is 6.92 Å². The van der Waals surface area contributed by atoms with Crippen molar-refractivity contribution < 1.29 is 19.1 Å². The van der Waals surface area contributed by atoms with Crippen molar-refractivity contribution in [2.24, 2.45) is 0 Å². The van der Waals surface area contributed by atoms with E-state index >= 15 is 0 Å². The smallest absolute Gasteiger partial charge is 0.347 e. The number of esters is 1. The molecule has 0 aromatic heterocycles. The van der Waals surface area contributed by atoms with Crippen molar-refractivity contribution in [3.8, 4) is 0 Å². The van der Waals surface area contributed by atoms with E-state index in [1.54, 1.807) is 20.8 Å². The van der Waals surface area contributed by atoms with Crippen molar-refractivity contribution in [1.82, 2.24) is 0 Å². The molecule has 0 aromatic rings. The molecule has 0 spiro atoms. The number of rotatable bonds is 5. The quantitative estimate of drug-likeness (QED) is 0.502. The molecule has 0 aromatic carbocycles. The molecule has 1 atom stereocenters. The van der Waals surface area contributed by atoms with Gasteiger partial charge in [0.05, 0.1) is 0 Å². The van der Waals surface area contributed by atoms with Gasteiger partial charge in [-0.1, -0.05) is 13.3 Å². The molecule has 0 bridgehead atoms.